The van der Waals surface area contributed by atoms with Crippen molar-refractivity contribution in [3.05, 3.63) is 52.1 Å². The summed E-state index contributed by atoms with van der Waals surface area (Å²) < 4.78 is 43.4. The Morgan fingerprint density at radius 3 is 2.14 bits per heavy atom. The minimum absolute atomic E-state index is 0.0388. The lowest BCUT2D eigenvalue weighted by atomic mass is 9.84. The number of carbonyl (C=O) groups excluding carboxylic acids is 2. The highest BCUT2D eigenvalue weighted by Crippen LogP contribution is 2.40. The van der Waals surface area contributed by atoms with Crippen LogP contribution in [0.5, 0.6) is 11.5 Å². The van der Waals surface area contributed by atoms with Crippen LogP contribution in [0.3, 0.4) is 0 Å². The van der Waals surface area contributed by atoms with E-state index in [1.807, 2.05) is 45.0 Å². The smallest absolute Gasteiger partial charge is 0.490 e. The number of halogens is 3. The molecule has 0 saturated carbocycles. The van der Waals surface area contributed by atoms with Crippen LogP contribution in [0.4, 0.5) is 18.9 Å². The van der Waals surface area contributed by atoms with Gasteiger partial charge in [0, 0.05) is 50.1 Å². The normalized spacial score (nSPS) is 12.8. The van der Waals surface area contributed by atoms with Gasteiger partial charge in [-0.2, -0.15) is 13.2 Å². The Bertz CT molecular complexity index is 1400. The van der Waals surface area contributed by atoms with Crippen molar-refractivity contribution >= 4 is 29.2 Å². The Balaban J connectivity index is 0.000000821. The predicted octanol–water partition coefficient (Wildman–Crippen LogP) is 4.86. The topological polar surface area (TPSA) is 132 Å². The molecule has 13 heteroatoms. The maximum absolute atomic E-state index is 13.5. The third-order valence-electron chi connectivity index (χ3n) is 6.44. The molecule has 3 rings (SSSR count). The maximum atomic E-state index is 13.5. The van der Waals surface area contributed by atoms with Crippen molar-refractivity contribution in [2.75, 3.05) is 39.7 Å². The van der Waals surface area contributed by atoms with Crippen LogP contribution in [0.1, 0.15) is 72.0 Å². The van der Waals surface area contributed by atoms with Crippen molar-refractivity contribution in [2.24, 2.45) is 0 Å². The molecule has 0 aliphatic carbocycles. The fraction of sp³-hybridized carbons (Fsp3) is 0.467. The van der Waals surface area contributed by atoms with Gasteiger partial charge in [0.2, 0.25) is 0 Å². The molecule has 1 aliphatic heterocycles. The lowest BCUT2D eigenvalue weighted by Crippen LogP contribution is -2.30. The van der Waals surface area contributed by atoms with E-state index in [0.717, 1.165) is 16.8 Å². The van der Waals surface area contributed by atoms with Crippen LogP contribution in [0.15, 0.2) is 24.3 Å². The number of hydrogen-bond donors (Lipinski definition) is 3. The molecule has 0 fully saturated rings. The van der Waals surface area contributed by atoms with Gasteiger partial charge in [-0.25, -0.2) is 4.79 Å². The van der Waals surface area contributed by atoms with E-state index in [2.05, 4.69) is 26.1 Å². The quantitative estimate of drug-likeness (QED) is 0.362. The molecular weight excluding hydrogens is 569 g/mol. The first-order valence-electron chi connectivity index (χ1n) is 13.4. The summed E-state index contributed by atoms with van der Waals surface area (Å²) in [5.74, 6) is -1.69. The number of benzene rings is 2. The summed E-state index contributed by atoms with van der Waals surface area (Å²) in [5.41, 5.74) is 3.98. The number of alkyl halides is 3. The van der Waals surface area contributed by atoms with E-state index in [0.29, 0.717) is 34.7 Å². The molecule has 0 aromatic heterocycles. The van der Waals surface area contributed by atoms with Crippen LogP contribution in [-0.2, 0) is 16.8 Å². The first kappa shape index (κ1) is 34.9. The summed E-state index contributed by atoms with van der Waals surface area (Å²) in [6.07, 6.45) is -5.17. The van der Waals surface area contributed by atoms with Gasteiger partial charge >= 0.3 is 12.1 Å². The van der Waals surface area contributed by atoms with E-state index in [4.69, 9.17) is 24.8 Å². The summed E-state index contributed by atoms with van der Waals surface area (Å²) in [5, 5.41) is 18.5. The highest BCUT2D eigenvalue weighted by Gasteiger charge is 2.38. The lowest BCUT2D eigenvalue weighted by molar-refractivity contribution is -0.192. The Labute approximate surface area is 249 Å². The summed E-state index contributed by atoms with van der Waals surface area (Å²) in [7, 11) is 6.95. The molecule has 0 radical (unpaired) electrons. The van der Waals surface area contributed by atoms with Crippen LogP contribution < -0.4 is 19.7 Å². The van der Waals surface area contributed by atoms with E-state index in [1.165, 1.54) is 0 Å². The summed E-state index contributed by atoms with van der Waals surface area (Å²) >= 11 is 0. The van der Waals surface area contributed by atoms with Gasteiger partial charge in [-0.05, 0) is 49.1 Å². The van der Waals surface area contributed by atoms with Gasteiger partial charge in [0.25, 0.3) is 5.91 Å². The molecule has 1 heterocycles. The number of aliphatic carboxylic acids is 1. The van der Waals surface area contributed by atoms with Crippen LogP contribution in [-0.4, -0.2) is 80.6 Å². The molecule has 0 atom stereocenters. The summed E-state index contributed by atoms with van der Waals surface area (Å²) in [6.45, 7) is 10.5. The Morgan fingerprint density at radius 1 is 1.12 bits per heavy atom. The van der Waals surface area contributed by atoms with Gasteiger partial charge in [0.1, 0.15) is 5.84 Å². The van der Waals surface area contributed by atoms with Crippen LogP contribution in [0, 0.1) is 5.41 Å². The number of ketones is 1. The van der Waals surface area contributed by atoms with Crippen LogP contribution in [0.2, 0.25) is 0 Å². The largest absolute Gasteiger partial charge is 0.493 e. The molecule has 3 N–H and O–H groups in total. The van der Waals surface area contributed by atoms with Gasteiger partial charge in [0.15, 0.2) is 17.3 Å². The predicted molar refractivity (Wildman–Crippen MR) is 157 cm³/mol. The number of carboxylic acid groups (broad SMARTS) is 1. The van der Waals surface area contributed by atoms with Gasteiger partial charge in [0.05, 0.1) is 25.3 Å². The third-order valence-corrected chi connectivity index (χ3v) is 6.44. The number of amides is 1. The number of amidine groups is 1. The highest BCUT2D eigenvalue weighted by molar-refractivity contribution is 6.08. The molecule has 2 aromatic rings. The standard InChI is InChI=1S/C28H38N4O4.C2HF3O2/c1-16(2)36-24-12-17(10-21(25(24)35-9)28(3,4)5)23(33)15-32-14-18-11-22(31(7)8)20(27(34)30-6)13-19(18)26(32)29;3-2(4,5)1(6)7/h10-13,16,29H,14-15H2,1-9H3,(H,30,34);(H,6,7). The third kappa shape index (κ3) is 8.39. The number of Topliss-reactive ketones (excluding diaryl/α,β-unsaturated/α-hetero) is 1. The van der Waals surface area contributed by atoms with E-state index in [-0.39, 0.29) is 35.6 Å². The zero-order chi connectivity index (χ0) is 33.0. The van der Waals surface area contributed by atoms with Crippen LogP contribution >= 0.6 is 0 Å². The molecule has 1 amide bonds. The molecule has 0 bridgehead atoms. The van der Waals surface area contributed by atoms with Gasteiger partial charge < -0.3 is 29.7 Å². The summed E-state index contributed by atoms with van der Waals surface area (Å²) in [6, 6.07) is 7.28. The molecule has 2 aromatic carbocycles. The molecule has 1 aliphatic rings. The maximum Gasteiger partial charge on any atom is 0.490 e. The van der Waals surface area contributed by atoms with Gasteiger partial charge in [-0.3, -0.25) is 15.0 Å². The molecule has 10 nitrogen and oxygen atoms in total. The zero-order valence-corrected chi connectivity index (χ0v) is 25.8. The van der Waals surface area contributed by atoms with Crippen molar-refractivity contribution in [3.8, 4) is 11.5 Å². The minimum atomic E-state index is -5.08. The SMILES string of the molecule is CNC(=O)c1cc2c(cc1N(C)C)CN(CC(=O)c1cc(OC(C)C)c(OC)c(C(C)(C)C)c1)C2=N.O=C(O)C(F)(F)F. The average molecular weight is 609 g/mol. The molecule has 43 heavy (non-hydrogen) atoms. The number of methoxy groups -OCH3 is 1. The highest BCUT2D eigenvalue weighted by atomic mass is 19.4. The molecular formula is C30H39F3N4O6. The number of carboxylic acids is 1. The van der Waals surface area contributed by atoms with Crippen molar-refractivity contribution in [1.82, 2.24) is 10.2 Å². The van der Waals surface area contributed by atoms with Crippen molar-refractivity contribution in [2.45, 2.75) is 58.9 Å². The number of carbonyl (C=O) groups is 3. The number of fused-ring (bicyclic) bond motifs is 1. The zero-order valence-electron chi connectivity index (χ0n) is 25.8. The fourth-order valence-electron chi connectivity index (χ4n) is 4.40. The van der Waals surface area contributed by atoms with Crippen molar-refractivity contribution < 1.29 is 42.1 Å². The second kappa shape index (κ2) is 13.3. The summed E-state index contributed by atoms with van der Waals surface area (Å²) in [4.78, 5) is 38.5. The number of nitrogens with one attached hydrogen (secondary N) is 2. The number of rotatable bonds is 8. The number of hydrogen-bond acceptors (Lipinski definition) is 7. The second-order valence-corrected chi connectivity index (χ2v) is 11.4. The Kier molecular flexibility index (Phi) is 10.8. The van der Waals surface area contributed by atoms with Crippen molar-refractivity contribution in [3.63, 3.8) is 0 Å². The number of anilines is 1. The van der Waals surface area contributed by atoms with Crippen LogP contribution in [0.25, 0.3) is 0 Å². The Morgan fingerprint density at radius 2 is 1.70 bits per heavy atom. The number of ether oxygens (including phenoxy) is 2. The molecule has 0 spiro atoms. The van der Waals surface area contributed by atoms with Gasteiger partial charge in [-0.15, -0.1) is 0 Å². The molecule has 236 valence electrons. The van der Waals surface area contributed by atoms with E-state index in [9.17, 15) is 22.8 Å². The lowest BCUT2D eigenvalue weighted by Gasteiger charge is -2.26. The average Bonchev–Trinajstić information content (AvgIpc) is 3.19. The van der Waals surface area contributed by atoms with Gasteiger partial charge in [-0.1, -0.05) is 20.8 Å². The first-order valence-corrected chi connectivity index (χ1v) is 13.4. The number of nitrogens with zero attached hydrogens (tertiary/aromatic N) is 2. The Hall–Kier alpha value is -4.29. The van der Waals surface area contributed by atoms with E-state index < -0.39 is 12.1 Å². The minimum Gasteiger partial charge on any atom is -0.493 e. The second-order valence-electron chi connectivity index (χ2n) is 11.4. The monoisotopic (exact) mass is 608 g/mol. The fourth-order valence-corrected chi connectivity index (χ4v) is 4.40. The van der Waals surface area contributed by atoms with Crippen molar-refractivity contribution in [1.29, 1.82) is 5.41 Å². The van der Waals surface area contributed by atoms with E-state index in [1.54, 1.807) is 31.2 Å². The first-order chi connectivity index (χ1) is 19.7. The van der Waals surface area contributed by atoms with E-state index >= 15 is 0 Å². The molecule has 0 saturated heterocycles. The molecule has 0 unspecified atom stereocenters.